The van der Waals surface area contributed by atoms with Crippen LogP contribution in [-0.2, 0) is 11.2 Å². The van der Waals surface area contributed by atoms with E-state index in [0.29, 0.717) is 5.56 Å². The Kier molecular flexibility index (Phi) is 4.72. The number of para-hydroxylation sites is 1. The number of rotatable bonds is 4. The fraction of sp³-hybridized carbons (Fsp3) is 0.316. The molecule has 0 aromatic heterocycles. The molecule has 4 heteroatoms. The number of carbonyl (C=O) groups is 1. The summed E-state index contributed by atoms with van der Waals surface area (Å²) in [6.07, 6.45) is 1.99. The van der Waals surface area contributed by atoms with Crippen LogP contribution in [0.25, 0.3) is 0 Å². The first-order valence-corrected chi connectivity index (χ1v) is 8.03. The molecule has 3 rings (SSSR count). The van der Waals surface area contributed by atoms with Crippen molar-refractivity contribution in [2.75, 3.05) is 18.0 Å². The SMILES string of the molecule is CC(NCC(=O)N1CCCc2ccccc21)c1ccccc1F. The van der Waals surface area contributed by atoms with Crippen LogP contribution in [0.2, 0.25) is 0 Å². The molecule has 1 unspecified atom stereocenters. The summed E-state index contributed by atoms with van der Waals surface area (Å²) in [7, 11) is 0. The maximum absolute atomic E-state index is 13.8. The topological polar surface area (TPSA) is 32.3 Å². The van der Waals surface area contributed by atoms with E-state index in [0.717, 1.165) is 25.1 Å². The lowest BCUT2D eigenvalue weighted by Crippen LogP contribution is -2.41. The average molecular weight is 312 g/mol. The minimum absolute atomic E-state index is 0.0281. The number of nitrogens with one attached hydrogen (secondary N) is 1. The van der Waals surface area contributed by atoms with Crippen LogP contribution in [0, 0.1) is 5.82 Å². The molecule has 0 spiro atoms. The largest absolute Gasteiger partial charge is 0.311 e. The van der Waals surface area contributed by atoms with Crippen molar-refractivity contribution in [2.24, 2.45) is 0 Å². The van der Waals surface area contributed by atoms with Crippen molar-refractivity contribution in [3.63, 3.8) is 0 Å². The first-order chi connectivity index (χ1) is 11.2. The first-order valence-electron chi connectivity index (χ1n) is 8.03. The molecule has 0 radical (unpaired) electrons. The van der Waals surface area contributed by atoms with Crippen molar-refractivity contribution in [1.29, 1.82) is 0 Å². The number of carbonyl (C=O) groups excluding carboxylic acids is 1. The third kappa shape index (κ3) is 3.42. The highest BCUT2D eigenvalue weighted by molar-refractivity contribution is 5.95. The molecular weight excluding hydrogens is 291 g/mol. The van der Waals surface area contributed by atoms with Gasteiger partial charge in [-0.25, -0.2) is 4.39 Å². The molecule has 0 fully saturated rings. The molecule has 1 aliphatic heterocycles. The van der Waals surface area contributed by atoms with Gasteiger partial charge < -0.3 is 10.2 Å². The smallest absolute Gasteiger partial charge is 0.240 e. The average Bonchev–Trinajstić information content (AvgIpc) is 2.59. The van der Waals surface area contributed by atoms with Crippen LogP contribution >= 0.6 is 0 Å². The quantitative estimate of drug-likeness (QED) is 0.938. The van der Waals surface area contributed by atoms with Gasteiger partial charge in [0.05, 0.1) is 6.54 Å². The number of benzene rings is 2. The summed E-state index contributed by atoms with van der Waals surface area (Å²) >= 11 is 0. The van der Waals surface area contributed by atoms with Crippen LogP contribution in [-0.4, -0.2) is 19.0 Å². The summed E-state index contributed by atoms with van der Waals surface area (Å²) in [5.41, 5.74) is 2.80. The number of anilines is 1. The molecule has 1 N–H and O–H groups in total. The molecule has 1 aliphatic rings. The van der Waals surface area contributed by atoms with E-state index in [1.54, 1.807) is 18.2 Å². The van der Waals surface area contributed by atoms with E-state index in [2.05, 4.69) is 11.4 Å². The predicted molar refractivity (Wildman–Crippen MR) is 89.9 cm³/mol. The lowest BCUT2D eigenvalue weighted by molar-refractivity contribution is -0.118. The predicted octanol–water partition coefficient (Wildman–Crippen LogP) is 3.46. The molecule has 3 nitrogen and oxygen atoms in total. The molecular formula is C19H21FN2O. The molecule has 0 saturated heterocycles. The maximum atomic E-state index is 13.8. The monoisotopic (exact) mass is 312 g/mol. The minimum atomic E-state index is -0.247. The van der Waals surface area contributed by atoms with Gasteiger partial charge in [-0.15, -0.1) is 0 Å². The van der Waals surface area contributed by atoms with E-state index >= 15 is 0 Å². The van der Waals surface area contributed by atoms with Crippen LogP contribution in [0.3, 0.4) is 0 Å². The van der Waals surface area contributed by atoms with Crippen LogP contribution in [0.4, 0.5) is 10.1 Å². The number of hydrogen-bond donors (Lipinski definition) is 1. The Balaban J connectivity index is 1.66. The second-order valence-electron chi connectivity index (χ2n) is 5.90. The Hall–Kier alpha value is -2.20. The van der Waals surface area contributed by atoms with Gasteiger partial charge in [-0.05, 0) is 37.5 Å². The van der Waals surface area contributed by atoms with E-state index in [4.69, 9.17) is 0 Å². The molecule has 0 aliphatic carbocycles. The summed E-state index contributed by atoms with van der Waals surface area (Å²) in [5, 5.41) is 3.14. The van der Waals surface area contributed by atoms with Crippen molar-refractivity contribution in [3.8, 4) is 0 Å². The van der Waals surface area contributed by atoms with Gasteiger partial charge in [0.15, 0.2) is 0 Å². The number of amides is 1. The number of halogens is 1. The number of aryl methyl sites for hydroxylation is 1. The van der Waals surface area contributed by atoms with Crippen LogP contribution < -0.4 is 10.2 Å². The maximum Gasteiger partial charge on any atom is 0.240 e. The Morgan fingerprint density at radius 3 is 2.78 bits per heavy atom. The summed E-state index contributed by atoms with van der Waals surface area (Å²) < 4.78 is 13.8. The van der Waals surface area contributed by atoms with E-state index in [-0.39, 0.29) is 24.3 Å². The second kappa shape index (κ2) is 6.92. The van der Waals surface area contributed by atoms with E-state index in [1.165, 1.54) is 11.6 Å². The number of hydrogen-bond acceptors (Lipinski definition) is 2. The van der Waals surface area contributed by atoms with Crippen LogP contribution in [0.1, 0.15) is 30.5 Å². The van der Waals surface area contributed by atoms with Crippen molar-refractivity contribution in [2.45, 2.75) is 25.8 Å². The lowest BCUT2D eigenvalue weighted by Gasteiger charge is -2.30. The Bertz CT molecular complexity index is 701. The van der Waals surface area contributed by atoms with Gasteiger partial charge in [-0.1, -0.05) is 36.4 Å². The second-order valence-corrected chi connectivity index (χ2v) is 5.90. The zero-order chi connectivity index (χ0) is 16.2. The highest BCUT2D eigenvalue weighted by atomic mass is 19.1. The van der Waals surface area contributed by atoms with Crippen molar-refractivity contribution >= 4 is 11.6 Å². The van der Waals surface area contributed by atoms with Gasteiger partial charge >= 0.3 is 0 Å². The lowest BCUT2D eigenvalue weighted by atomic mass is 10.0. The van der Waals surface area contributed by atoms with Gasteiger partial charge in [0.25, 0.3) is 0 Å². The Morgan fingerprint density at radius 1 is 1.22 bits per heavy atom. The fourth-order valence-electron chi connectivity index (χ4n) is 3.06. The molecule has 2 aromatic rings. The first kappa shape index (κ1) is 15.7. The highest BCUT2D eigenvalue weighted by Crippen LogP contribution is 2.26. The van der Waals surface area contributed by atoms with Crippen LogP contribution in [0.5, 0.6) is 0 Å². The molecule has 1 heterocycles. The molecule has 120 valence electrons. The van der Waals surface area contributed by atoms with Gasteiger partial charge in [-0.3, -0.25) is 4.79 Å². The summed E-state index contributed by atoms with van der Waals surface area (Å²) in [6.45, 7) is 2.81. The number of nitrogens with zero attached hydrogens (tertiary/aromatic N) is 1. The number of fused-ring (bicyclic) bond motifs is 1. The van der Waals surface area contributed by atoms with E-state index < -0.39 is 0 Å². The van der Waals surface area contributed by atoms with Gasteiger partial charge in [0, 0.05) is 23.8 Å². The van der Waals surface area contributed by atoms with Crippen molar-refractivity contribution in [1.82, 2.24) is 5.32 Å². The third-order valence-electron chi connectivity index (χ3n) is 4.34. The van der Waals surface area contributed by atoms with Crippen molar-refractivity contribution in [3.05, 3.63) is 65.5 Å². The zero-order valence-corrected chi connectivity index (χ0v) is 13.3. The highest BCUT2D eigenvalue weighted by Gasteiger charge is 2.22. The summed E-state index contributed by atoms with van der Waals surface area (Å²) in [4.78, 5) is 14.4. The summed E-state index contributed by atoms with van der Waals surface area (Å²) in [6, 6.07) is 14.5. The molecule has 0 bridgehead atoms. The zero-order valence-electron chi connectivity index (χ0n) is 13.3. The molecule has 1 amide bonds. The standard InChI is InChI=1S/C19H21FN2O/c1-14(16-9-3-4-10-17(16)20)21-13-19(23)22-12-6-8-15-7-2-5-11-18(15)22/h2-5,7,9-11,14,21H,6,8,12-13H2,1H3. The molecule has 23 heavy (non-hydrogen) atoms. The van der Waals surface area contributed by atoms with Gasteiger partial charge in [-0.2, -0.15) is 0 Å². The van der Waals surface area contributed by atoms with Crippen molar-refractivity contribution < 1.29 is 9.18 Å². The Labute approximate surface area is 136 Å². The van der Waals surface area contributed by atoms with Gasteiger partial charge in [0.1, 0.15) is 5.82 Å². The Morgan fingerprint density at radius 2 is 1.96 bits per heavy atom. The summed E-state index contributed by atoms with van der Waals surface area (Å²) in [5.74, 6) is -0.219. The molecule has 1 atom stereocenters. The fourth-order valence-corrected chi connectivity index (χ4v) is 3.06. The normalized spacial score (nSPS) is 15.1. The van der Waals surface area contributed by atoms with Gasteiger partial charge in [0.2, 0.25) is 5.91 Å². The third-order valence-corrected chi connectivity index (χ3v) is 4.34. The minimum Gasteiger partial charge on any atom is -0.311 e. The van der Waals surface area contributed by atoms with E-state index in [1.807, 2.05) is 30.0 Å². The van der Waals surface area contributed by atoms with E-state index in [9.17, 15) is 9.18 Å². The van der Waals surface area contributed by atoms with Crippen LogP contribution in [0.15, 0.2) is 48.5 Å². The molecule has 0 saturated carbocycles. The molecule has 2 aromatic carbocycles.